The van der Waals surface area contributed by atoms with E-state index < -0.39 is 0 Å². The summed E-state index contributed by atoms with van der Waals surface area (Å²) < 4.78 is 5.41. The SMILES string of the molecule is CC(N)CN1CCOCC1(C)C. The quantitative estimate of drug-likeness (QED) is 0.657. The monoisotopic (exact) mass is 172 g/mol. The van der Waals surface area contributed by atoms with Crippen molar-refractivity contribution in [3.05, 3.63) is 0 Å². The minimum Gasteiger partial charge on any atom is -0.378 e. The molecule has 0 amide bonds. The molecule has 1 rings (SSSR count). The van der Waals surface area contributed by atoms with Gasteiger partial charge in [0, 0.05) is 24.7 Å². The van der Waals surface area contributed by atoms with Gasteiger partial charge in [-0.05, 0) is 20.8 Å². The zero-order valence-corrected chi connectivity index (χ0v) is 8.34. The van der Waals surface area contributed by atoms with Crippen LogP contribution < -0.4 is 5.73 Å². The highest BCUT2D eigenvalue weighted by Crippen LogP contribution is 2.18. The molecular formula is C9H20N2O. The van der Waals surface area contributed by atoms with Crippen LogP contribution in [0.25, 0.3) is 0 Å². The van der Waals surface area contributed by atoms with Crippen LogP contribution in [0.1, 0.15) is 20.8 Å². The fourth-order valence-electron chi connectivity index (χ4n) is 1.58. The zero-order chi connectivity index (χ0) is 9.19. The van der Waals surface area contributed by atoms with E-state index in [9.17, 15) is 0 Å². The Bertz CT molecular complexity index is 145. The molecule has 3 nitrogen and oxygen atoms in total. The second-order valence-electron chi connectivity index (χ2n) is 4.29. The van der Waals surface area contributed by atoms with Gasteiger partial charge in [-0.2, -0.15) is 0 Å². The molecule has 0 bridgehead atoms. The average Bonchev–Trinajstić information content (AvgIpc) is 1.92. The van der Waals surface area contributed by atoms with Crippen LogP contribution in [-0.2, 0) is 4.74 Å². The van der Waals surface area contributed by atoms with Crippen molar-refractivity contribution in [2.45, 2.75) is 32.4 Å². The first-order valence-electron chi connectivity index (χ1n) is 4.61. The highest BCUT2D eigenvalue weighted by molar-refractivity contribution is 4.85. The molecule has 0 aliphatic carbocycles. The summed E-state index contributed by atoms with van der Waals surface area (Å²) in [5.74, 6) is 0. The van der Waals surface area contributed by atoms with Crippen molar-refractivity contribution in [2.24, 2.45) is 5.73 Å². The Morgan fingerprint density at radius 1 is 1.58 bits per heavy atom. The lowest BCUT2D eigenvalue weighted by Gasteiger charge is -2.42. The Morgan fingerprint density at radius 2 is 2.25 bits per heavy atom. The third-order valence-electron chi connectivity index (χ3n) is 2.33. The third kappa shape index (κ3) is 2.44. The molecule has 1 heterocycles. The van der Waals surface area contributed by atoms with E-state index in [-0.39, 0.29) is 11.6 Å². The summed E-state index contributed by atoms with van der Waals surface area (Å²) in [7, 11) is 0. The maximum absolute atomic E-state index is 5.76. The van der Waals surface area contributed by atoms with Gasteiger partial charge in [0.15, 0.2) is 0 Å². The minimum absolute atomic E-state index is 0.159. The zero-order valence-electron chi connectivity index (χ0n) is 8.34. The molecule has 1 fully saturated rings. The van der Waals surface area contributed by atoms with E-state index in [4.69, 9.17) is 10.5 Å². The second-order valence-corrected chi connectivity index (χ2v) is 4.29. The van der Waals surface area contributed by atoms with Crippen molar-refractivity contribution in [2.75, 3.05) is 26.3 Å². The summed E-state index contributed by atoms with van der Waals surface area (Å²) in [5.41, 5.74) is 5.92. The first-order chi connectivity index (χ1) is 5.52. The average molecular weight is 172 g/mol. The highest BCUT2D eigenvalue weighted by Gasteiger charge is 2.30. The van der Waals surface area contributed by atoms with Gasteiger partial charge in [0.2, 0.25) is 0 Å². The Morgan fingerprint density at radius 3 is 2.75 bits per heavy atom. The summed E-state index contributed by atoms with van der Waals surface area (Å²) in [6.07, 6.45) is 0. The third-order valence-corrected chi connectivity index (χ3v) is 2.33. The van der Waals surface area contributed by atoms with Crippen molar-refractivity contribution in [3.8, 4) is 0 Å². The summed E-state index contributed by atoms with van der Waals surface area (Å²) >= 11 is 0. The minimum atomic E-state index is 0.159. The normalized spacial score (nSPS) is 27.0. The molecule has 0 radical (unpaired) electrons. The van der Waals surface area contributed by atoms with Gasteiger partial charge in [0.05, 0.1) is 13.2 Å². The van der Waals surface area contributed by atoms with Gasteiger partial charge >= 0.3 is 0 Å². The van der Waals surface area contributed by atoms with E-state index in [0.717, 1.165) is 26.3 Å². The van der Waals surface area contributed by atoms with Gasteiger partial charge in [0.1, 0.15) is 0 Å². The summed E-state index contributed by atoms with van der Waals surface area (Å²) in [6.45, 7) is 10.1. The van der Waals surface area contributed by atoms with Crippen molar-refractivity contribution < 1.29 is 4.74 Å². The fourth-order valence-corrected chi connectivity index (χ4v) is 1.58. The van der Waals surface area contributed by atoms with Crippen LogP contribution in [0.3, 0.4) is 0 Å². The Hall–Kier alpha value is -0.120. The number of hydrogen-bond acceptors (Lipinski definition) is 3. The molecule has 2 N–H and O–H groups in total. The van der Waals surface area contributed by atoms with Crippen LogP contribution in [0, 0.1) is 0 Å². The topological polar surface area (TPSA) is 38.5 Å². The van der Waals surface area contributed by atoms with Gasteiger partial charge in [-0.3, -0.25) is 4.90 Å². The van der Waals surface area contributed by atoms with E-state index in [2.05, 4.69) is 18.7 Å². The lowest BCUT2D eigenvalue weighted by Crippen LogP contribution is -2.55. The molecule has 1 saturated heterocycles. The van der Waals surface area contributed by atoms with Crippen LogP contribution >= 0.6 is 0 Å². The molecule has 0 aromatic heterocycles. The molecule has 1 unspecified atom stereocenters. The number of nitrogens with zero attached hydrogens (tertiary/aromatic N) is 1. The predicted molar refractivity (Wildman–Crippen MR) is 50.1 cm³/mol. The molecular weight excluding hydrogens is 152 g/mol. The molecule has 1 aliphatic rings. The second kappa shape index (κ2) is 3.73. The smallest absolute Gasteiger partial charge is 0.0645 e. The van der Waals surface area contributed by atoms with Gasteiger partial charge in [-0.15, -0.1) is 0 Å². The van der Waals surface area contributed by atoms with E-state index in [1.807, 2.05) is 6.92 Å². The van der Waals surface area contributed by atoms with Crippen LogP contribution in [0.15, 0.2) is 0 Å². The molecule has 0 spiro atoms. The predicted octanol–water partition coefficient (Wildman–Crippen LogP) is 0.444. The van der Waals surface area contributed by atoms with Gasteiger partial charge < -0.3 is 10.5 Å². The summed E-state index contributed by atoms with van der Waals surface area (Å²) in [5, 5.41) is 0. The number of ether oxygens (including phenoxy) is 1. The Labute approximate surface area is 74.9 Å². The summed E-state index contributed by atoms with van der Waals surface area (Å²) in [4.78, 5) is 2.40. The molecule has 1 aliphatic heterocycles. The largest absolute Gasteiger partial charge is 0.378 e. The van der Waals surface area contributed by atoms with Crippen LogP contribution in [0.5, 0.6) is 0 Å². The van der Waals surface area contributed by atoms with E-state index in [0.29, 0.717) is 0 Å². The maximum Gasteiger partial charge on any atom is 0.0645 e. The molecule has 0 aromatic carbocycles. The number of hydrogen-bond donors (Lipinski definition) is 1. The van der Waals surface area contributed by atoms with Gasteiger partial charge in [-0.1, -0.05) is 0 Å². The highest BCUT2D eigenvalue weighted by atomic mass is 16.5. The Balaban J connectivity index is 2.48. The lowest BCUT2D eigenvalue weighted by atomic mass is 10.0. The van der Waals surface area contributed by atoms with Crippen LogP contribution in [0.2, 0.25) is 0 Å². The Kier molecular flexibility index (Phi) is 3.09. The van der Waals surface area contributed by atoms with Crippen LogP contribution in [-0.4, -0.2) is 42.8 Å². The number of rotatable bonds is 2. The molecule has 1 atom stereocenters. The van der Waals surface area contributed by atoms with Crippen LogP contribution in [0.4, 0.5) is 0 Å². The molecule has 72 valence electrons. The number of nitrogens with two attached hydrogens (primary N) is 1. The fraction of sp³-hybridized carbons (Fsp3) is 1.00. The molecule has 0 saturated carbocycles. The standard InChI is InChI=1S/C9H20N2O/c1-8(10)6-11-4-5-12-7-9(11,2)3/h8H,4-7,10H2,1-3H3. The van der Waals surface area contributed by atoms with E-state index in [1.54, 1.807) is 0 Å². The maximum atomic E-state index is 5.76. The van der Waals surface area contributed by atoms with Crippen molar-refractivity contribution in [3.63, 3.8) is 0 Å². The van der Waals surface area contributed by atoms with Gasteiger partial charge in [0.25, 0.3) is 0 Å². The van der Waals surface area contributed by atoms with E-state index >= 15 is 0 Å². The molecule has 3 heteroatoms. The molecule has 12 heavy (non-hydrogen) atoms. The number of morpholine rings is 1. The first kappa shape index (κ1) is 9.96. The summed E-state index contributed by atoms with van der Waals surface area (Å²) in [6, 6.07) is 0.252. The first-order valence-corrected chi connectivity index (χ1v) is 4.61. The lowest BCUT2D eigenvalue weighted by molar-refractivity contribution is -0.0523. The van der Waals surface area contributed by atoms with Crippen molar-refractivity contribution in [1.29, 1.82) is 0 Å². The van der Waals surface area contributed by atoms with Crippen molar-refractivity contribution >= 4 is 0 Å². The van der Waals surface area contributed by atoms with E-state index in [1.165, 1.54) is 0 Å². The molecule has 0 aromatic rings. The van der Waals surface area contributed by atoms with Crippen molar-refractivity contribution in [1.82, 2.24) is 4.90 Å². The van der Waals surface area contributed by atoms with Gasteiger partial charge in [-0.25, -0.2) is 0 Å².